The number of fused-ring (bicyclic) bond motifs is 3. The number of allylic oxidation sites excluding steroid dienone is 4. The fourth-order valence-electron chi connectivity index (χ4n) is 15.3. The van der Waals surface area contributed by atoms with Crippen molar-refractivity contribution in [1.82, 2.24) is 0 Å². The van der Waals surface area contributed by atoms with Gasteiger partial charge in [0.2, 0.25) is 0 Å². The van der Waals surface area contributed by atoms with Crippen molar-refractivity contribution in [3.8, 4) is 0 Å². The van der Waals surface area contributed by atoms with Crippen LogP contribution in [0.25, 0.3) is 0 Å². The molecule has 2 saturated heterocycles. The molecule has 2 spiro atoms. The Labute approximate surface area is 412 Å². The summed E-state index contributed by atoms with van der Waals surface area (Å²) >= 11 is 0. The van der Waals surface area contributed by atoms with Crippen LogP contribution in [-0.4, -0.2) is 110 Å². The van der Waals surface area contributed by atoms with Crippen molar-refractivity contribution in [3.05, 3.63) is 58.7 Å². The van der Waals surface area contributed by atoms with Gasteiger partial charge in [-0.15, -0.1) is 0 Å². The van der Waals surface area contributed by atoms with Crippen LogP contribution in [-0.2, 0) is 33.3 Å². The quantitative estimate of drug-likeness (QED) is 0.0273. The maximum atomic E-state index is 13.2. The molecule has 8 fully saturated rings. The van der Waals surface area contributed by atoms with Crippen molar-refractivity contribution in [3.63, 3.8) is 0 Å². The second-order valence-electron chi connectivity index (χ2n) is 23.6. The van der Waals surface area contributed by atoms with Gasteiger partial charge in [0.15, 0.2) is 11.9 Å². The zero-order valence-electron chi connectivity index (χ0n) is 41.3. The second kappa shape index (κ2) is 18.5. The number of aliphatic hydroxyl groups is 4. The molecule has 0 bridgehead atoms. The van der Waals surface area contributed by atoms with Gasteiger partial charge in [0.05, 0.1) is 36.4 Å². The molecular formula is C55H78O11S2. The summed E-state index contributed by atoms with van der Waals surface area (Å²) in [4.78, 5) is 25.8. The van der Waals surface area contributed by atoms with Gasteiger partial charge in [-0.3, -0.25) is 4.79 Å². The minimum atomic E-state index is -1.25. The number of epoxide rings is 2. The lowest BCUT2D eigenvalue weighted by molar-refractivity contribution is -0.262. The van der Waals surface area contributed by atoms with Crippen molar-refractivity contribution >= 4 is 33.5 Å². The summed E-state index contributed by atoms with van der Waals surface area (Å²) in [5.74, 6) is 2.63. The standard InChI is InChI=1S/C55H78O11S2/c1-30(2)53(61)28-46-55(66-46)52(7)22-18-38-39(29-62-49(38)60)42(52)27-45-54(55,65-45)50(53)64-48(59)32(4)19-23-67-68-24-20-47(58)63-44(35-12-13-35)17-10-31(3)40-15-16-41-34(9-8-21-51(40,41)6)11-14-36-25-37(56)26-43(57)33(36)5/h10-11,14,17,30-32,35,37,40-46,48,50,56-57,59,61H,5,8-9,12-13,15-16,18-29H2,1-4,6-7H3/b17-10+,34-11+,36-14-/t31-,32?,37+,40?,41?,42?,43-,44?,45-,46-,48?,50+,51+,52-,53+,54+,55+/m0/s1. The predicted octanol–water partition coefficient (Wildman–Crippen LogP) is 8.88. The highest BCUT2D eigenvalue weighted by Crippen LogP contribution is 2.80. The molecule has 0 amide bonds. The Hall–Kier alpha value is -1.94. The highest BCUT2D eigenvalue weighted by Gasteiger charge is 2.95. The smallest absolute Gasteiger partial charge is 0.334 e. The minimum absolute atomic E-state index is 0.0991. The van der Waals surface area contributed by atoms with Gasteiger partial charge in [-0.1, -0.05) is 93.5 Å². The first-order valence-electron chi connectivity index (χ1n) is 26.3. The third-order valence-electron chi connectivity index (χ3n) is 19.6. The Morgan fingerprint density at radius 1 is 0.956 bits per heavy atom. The molecule has 0 aromatic carbocycles. The first-order chi connectivity index (χ1) is 32.4. The summed E-state index contributed by atoms with van der Waals surface area (Å²) in [6.07, 6.45) is 17.7. The SMILES string of the molecule is C=C1/C(=C\C=C2/CCC[C@@]3(C)C2CCC3[C@@H](C)/C=C/C(OC(=O)CCSSCCC(C)C(O)O[C@H]2[C@]34O[C@H]3CC3C5=C(CC[C@]3(C)[C@@]43O[C@H]3C[C@@]2(O)C(C)C)C(=O)OC5)C2CC2)C[C@@H](O)C[C@@H]1O. The van der Waals surface area contributed by atoms with Crippen molar-refractivity contribution in [2.24, 2.45) is 52.3 Å². The number of cyclic esters (lactones) is 1. The van der Waals surface area contributed by atoms with E-state index in [1.807, 2.05) is 20.8 Å². The Bertz CT molecular complexity index is 2130. The zero-order valence-corrected chi connectivity index (χ0v) is 42.9. The van der Waals surface area contributed by atoms with Crippen molar-refractivity contribution < 1.29 is 53.7 Å². The molecule has 6 unspecified atom stereocenters. The van der Waals surface area contributed by atoms with E-state index in [9.17, 15) is 30.0 Å². The topological polar surface area (TPSA) is 168 Å². The Morgan fingerprint density at radius 3 is 2.50 bits per heavy atom. The number of rotatable bonds is 17. The molecule has 0 aromatic heterocycles. The van der Waals surface area contributed by atoms with Crippen molar-refractivity contribution in [1.29, 1.82) is 0 Å². The van der Waals surface area contributed by atoms with Crippen LogP contribution in [0.1, 0.15) is 138 Å². The third-order valence-corrected chi connectivity index (χ3v) is 22.0. The molecule has 6 saturated carbocycles. The molecule has 7 aliphatic carbocycles. The summed E-state index contributed by atoms with van der Waals surface area (Å²) in [5.41, 5.74) is 2.23. The average Bonchev–Trinajstić information content (AvgIpc) is 4.25. The van der Waals surface area contributed by atoms with Gasteiger partial charge in [0, 0.05) is 41.3 Å². The Kier molecular flexibility index (Phi) is 13.5. The van der Waals surface area contributed by atoms with Crippen molar-refractivity contribution in [2.75, 3.05) is 18.1 Å². The molecule has 0 aromatic rings. The molecule has 17 atom stereocenters. The molecule has 68 heavy (non-hydrogen) atoms. The van der Waals surface area contributed by atoms with Crippen molar-refractivity contribution in [2.45, 2.75) is 198 Å². The maximum absolute atomic E-state index is 13.2. The number of carbonyl (C=O) groups is 2. The van der Waals surface area contributed by atoms with E-state index in [0.717, 1.165) is 60.1 Å². The lowest BCUT2D eigenvalue weighted by atomic mass is 9.46. The fourth-order valence-corrected chi connectivity index (χ4v) is 17.5. The number of esters is 2. The summed E-state index contributed by atoms with van der Waals surface area (Å²) in [6, 6.07) is 0. The van der Waals surface area contributed by atoms with E-state index in [1.54, 1.807) is 21.6 Å². The molecule has 10 aliphatic rings. The molecule has 0 radical (unpaired) electrons. The van der Waals surface area contributed by atoms with E-state index in [2.05, 4.69) is 51.7 Å². The molecular weight excluding hydrogens is 901 g/mol. The monoisotopic (exact) mass is 978 g/mol. The molecule has 3 aliphatic heterocycles. The molecule has 11 nitrogen and oxygen atoms in total. The van der Waals surface area contributed by atoms with E-state index in [0.29, 0.717) is 81.0 Å². The predicted molar refractivity (Wildman–Crippen MR) is 263 cm³/mol. The second-order valence-corrected chi connectivity index (χ2v) is 26.3. The fraction of sp³-hybridized carbons (Fsp3) is 0.782. The van der Waals surface area contributed by atoms with E-state index in [1.165, 1.54) is 24.8 Å². The first-order valence-corrected chi connectivity index (χ1v) is 28.7. The minimum Gasteiger partial charge on any atom is -0.458 e. The van der Waals surface area contributed by atoms with Gasteiger partial charge in [0.1, 0.15) is 24.4 Å². The Balaban J connectivity index is 0.684. The molecule has 13 heteroatoms. The Morgan fingerprint density at radius 2 is 1.74 bits per heavy atom. The summed E-state index contributed by atoms with van der Waals surface area (Å²) < 4.78 is 31.8. The zero-order chi connectivity index (χ0) is 48.1. The number of carbonyl (C=O) groups excluding carboxylic acids is 2. The highest BCUT2D eigenvalue weighted by atomic mass is 33.1. The van der Waals surface area contributed by atoms with Crippen LogP contribution >= 0.6 is 21.6 Å². The van der Waals surface area contributed by atoms with Gasteiger partial charge in [-0.05, 0) is 141 Å². The molecule has 376 valence electrons. The van der Waals surface area contributed by atoms with E-state index >= 15 is 0 Å². The summed E-state index contributed by atoms with van der Waals surface area (Å²) in [5, 5.41) is 44.7. The largest absolute Gasteiger partial charge is 0.458 e. The van der Waals surface area contributed by atoms with Crippen LogP contribution in [0.4, 0.5) is 0 Å². The van der Waals surface area contributed by atoms with Crippen LogP contribution in [0, 0.1) is 52.3 Å². The van der Waals surface area contributed by atoms with Gasteiger partial charge in [-0.2, -0.15) is 0 Å². The highest BCUT2D eigenvalue weighted by molar-refractivity contribution is 8.76. The molecule has 4 N–H and O–H groups in total. The van der Waals surface area contributed by atoms with Crippen LogP contribution in [0.3, 0.4) is 0 Å². The van der Waals surface area contributed by atoms with Gasteiger partial charge in [-0.25, -0.2) is 4.79 Å². The summed E-state index contributed by atoms with van der Waals surface area (Å²) in [7, 11) is 3.35. The maximum Gasteiger partial charge on any atom is 0.334 e. The molecule has 10 rings (SSSR count). The normalized spacial score (nSPS) is 44.4. The third kappa shape index (κ3) is 8.22. The molecule has 3 heterocycles. The van der Waals surface area contributed by atoms with E-state index in [-0.39, 0.29) is 58.8 Å². The van der Waals surface area contributed by atoms with Crippen LogP contribution in [0.2, 0.25) is 0 Å². The lowest BCUT2D eigenvalue weighted by Gasteiger charge is -2.57. The number of hydrogen-bond donors (Lipinski definition) is 4. The van der Waals surface area contributed by atoms with Gasteiger partial charge in [0.25, 0.3) is 0 Å². The number of hydrogen-bond acceptors (Lipinski definition) is 13. The van der Waals surface area contributed by atoms with E-state index in [4.69, 9.17) is 23.7 Å². The summed E-state index contributed by atoms with van der Waals surface area (Å²) in [6.45, 7) is 17.5. The average molecular weight is 979 g/mol. The number of aliphatic hydroxyl groups excluding tert-OH is 3. The first kappa shape index (κ1) is 49.6. The van der Waals surface area contributed by atoms with Gasteiger partial charge < -0.3 is 44.1 Å². The van der Waals surface area contributed by atoms with Crippen LogP contribution in [0.15, 0.2) is 58.7 Å². The van der Waals surface area contributed by atoms with Gasteiger partial charge >= 0.3 is 11.9 Å². The van der Waals surface area contributed by atoms with E-state index < -0.39 is 41.4 Å². The van der Waals surface area contributed by atoms with Crippen LogP contribution < -0.4 is 0 Å². The lowest BCUT2D eigenvalue weighted by Crippen LogP contribution is -2.72. The number of ether oxygens (including phenoxy) is 5. The van der Waals surface area contributed by atoms with Crippen LogP contribution in [0.5, 0.6) is 0 Å².